The van der Waals surface area contributed by atoms with Gasteiger partial charge in [0.2, 0.25) is 5.91 Å². The van der Waals surface area contributed by atoms with E-state index in [0.717, 1.165) is 28.6 Å². The van der Waals surface area contributed by atoms with Gasteiger partial charge in [-0.05, 0) is 25.5 Å². The van der Waals surface area contributed by atoms with Crippen LogP contribution in [0.4, 0.5) is 10.5 Å². The van der Waals surface area contributed by atoms with E-state index in [4.69, 9.17) is 5.73 Å². The summed E-state index contributed by atoms with van der Waals surface area (Å²) in [7, 11) is 0. The molecule has 0 unspecified atom stereocenters. The highest BCUT2D eigenvalue weighted by molar-refractivity contribution is 8.14. The number of anilines is 1. The number of thioether (sulfide) groups is 1. The van der Waals surface area contributed by atoms with Gasteiger partial charge in [0, 0.05) is 5.69 Å². The number of nitrogens with one attached hydrogen (secondary N) is 1. The van der Waals surface area contributed by atoms with E-state index in [-0.39, 0.29) is 11.7 Å². The van der Waals surface area contributed by atoms with Crippen molar-refractivity contribution in [1.29, 1.82) is 0 Å². The van der Waals surface area contributed by atoms with E-state index in [9.17, 15) is 9.59 Å². The van der Waals surface area contributed by atoms with Crippen LogP contribution in [0.5, 0.6) is 0 Å². The highest BCUT2D eigenvalue weighted by Crippen LogP contribution is 2.16. The van der Waals surface area contributed by atoms with Crippen LogP contribution in [0.2, 0.25) is 0 Å². The quantitative estimate of drug-likeness (QED) is 0.846. The predicted molar refractivity (Wildman–Crippen MR) is 66.6 cm³/mol. The van der Waals surface area contributed by atoms with Crippen LogP contribution in [0.25, 0.3) is 0 Å². The molecule has 0 fully saturated rings. The maximum absolute atomic E-state index is 11.4. The third kappa shape index (κ3) is 3.94. The van der Waals surface area contributed by atoms with Gasteiger partial charge in [0.1, 0.15) is 0 Å². The summed E-state index contributed by atoms with van der Waals surface area (Å²) in [5, 5.41) is 2.18. The van der Waals surface area contributed by atoms with Gasteiger partial charge in [-0.3, -0.25) is 9.59 Å². The van der Waals surface area contributed by atoms with E-state index in [1.54, 1.807) is 0 Å². The third-order valence-corrected chi connectivity index (χ3v) is 2.69. The molecule has 3 N–H and O–H groups in total. The van der Waals surface area contributed by atoms with Gasteiger partial charge in [-0.1, -0.05) is 29.5 Å². The highest BCUT2D eigenvalue weighted by Gasteiger charge is 2.06. The second-order valence-electron chi connectivity index (χ2n) is 3.47. The van der Waals surface area contributed by atoms with Crippen molar-refractivity contribution in [3.05, 3.63) is 29.3 Å². The first-order valence-corrected chi connectivity index (χ1v) is 5.77. The van der Waals surface area contributed by atoms with Gasteiger partial charge >= 0.3 is 0 Å². The van der Waals surface area contributed by atoms with E-state index >= 15 is 0 Å². The number of carbonyl (C=O) groups is 2. The van der Waals surface area contributed by atoms with Crippen molar-refractivity contribution >= 4 is 28.6 Å². The summed E-state index contributed by atoms with van der Waals surface area (Å²) in [6.45, 7) is 3.91. The molecule has 0 aliphatic rings. The molecule has 1 rings (SSSR count). The number of benzene rings is 1. The van der Waals surface area contributed by atoms with Crippen molar-refractivity contribution < 1.29 is 9.59 Å². The fourth-order valence-electron chi connectivity index (χ4n) is 1.28. The molecule has 0 aliphatic heterocycles. The van der Waals surface area contributed by atoms with Crippen molar-refractivity contribution in [2.45, 2.75) is 13.8 Å². The topological polar surface area (TPSA) is 72.2 Å². The molecule has 1 aromatic carbocycles. The van der Waals surface area contributed by atoms with Crippen LogP contribution in [0.3, 0.4) is 0 Å². The summed E-state index contributed by atoms with van der Waals surface area (Å²) in [5.41, 5.74) is 7.83. The van der Waals surface area contributed by atoms with Crippen LogP contribution < -0.4 is 11.1 Å². The fourth-order valence-corrected chi connectivity index (χ4v) is 1.62. The molecule has 2 amide bonds. The first-order valence-electron chi connectivity index (χ1n) is 4.78. The zero-order valence-electron chi connectivity index (χ0n) is 9.24. The van der Waals surface area contributed by atoms with Gasteiger partial charge in [0.15, 0.2) is 0 Å². The van der Waals surface area contributed by atoms with E-state index < -0.39 is 5.24 Å². The van der Waals surface area contributed by atoms with E-state index in [2.05, 4.69) is 5.32 Å². The van der Waals surface area contributed by atoms with Gasteiger partial charge in [-0.2, -0.15) is 0 Å². The Labute approximate surface area is 98.6 Å². The number of primary amides is 1. The van der Waals surface area contributed by atoms with Crippen molar-refractivity contribution in [2.75, 3.05) is 11.1 Å². The largest absolute Gasteiger partial charge is 0.361 e. The average molecular weight is 238 g/mol. The van der Waals surface area contributed by atoms with Crippen LogP contribution in [0, 0.1) is 13.8 Å². The number of hydrogen-bond acceptors (Lipinski definition) is 3. The molecular weight excluding hydrogens is 224 g/mol. The van der Waals surface area contributed by atoms with Crippen LogP contribution in [-0.4, -0.2) is 16.9 Å². The summed E-state index contributed by atoms with van der Waals surface area (Å²) in [6.07, 6.45) is 0. The van der Waals surface area contributed by atoms with E-state index in [0.29, 0.717) is 0 Å². The predicted octanol–water partition coefficient (Wildman–Crippen LogP) is 2.05. The Morgan fingerprint density at radius 1 is 1.38 bits per heavy atom. The van der Waals surface area contributed by atoms with Gasteiger partial charge in [0.05, 0.1) is 5.75 Å². The van der Waals surface area contributed by atoms with Gasteiger partial charge in [-0.25, -0.2) is 0 Å². The molecule has 0 heterocycles. The number of carbonyl (C=O) groups excluding carboxylic acids is 2. The van der Waals surface area contributed by atoms with Crippen LogP contribution in [0.1, 0.15) is 11.1 Å². The van der Waals surface area contributed by atoms with Crippen molar-refractivity contribution in [3.63, 3.8) is 0 Å². The van der Waals surface area contributed by atoms with Gasteiger partial charge in [-0.15, -0.1) is 0 Å². The molecule has 4 nitrogen and oxygen atoms in total. The fraction of sp³-hybridized carbons (Fsp3) is 0.273. The first kappa shape index (κ1) is 12.6. The molecule has 0 saturated heterocycles. The minimum Gasteiger partial charge on any atom is -0.361 e. The maximum atomic E-state index is 11.4. The number of hydrogen-bond donors (Lipinski definition) is 2. The summed E-state index contributed by atoms with van der Waals surface area (Å²) in [6, 6.07) is 5.75. The average Bonchev–Trinajstić information content (AvgIpc) is 2.19. The summed E-state index contributed by atoms with van der Waals surface area (Å²) < 4.78 is 0. The second kappa shape index (κ2) is 5.55. The van der Waals surface area contributed by atoms with E-state index in [1.807, 2.05) is 32.0 Å². The molecule has 86 valence electrons. The van der Waals surface area contributed by atoms with Crippen LogP contribution in [0.15, 0.2) is 18.2 Å². The highest BCUT2D eigenvalue weighted by atomic mass is 32.2. The normalized spacial score (nSPS) is 9.88. The molecule has 0 bridgehead atoms. The smallest absolute Gasteiger partial charge is 0.276 e. The van der Waals surface area contributed by atoms with Crippen LogP contribution >= 0.6 is 11.8 Å². The summed E-state index contributed by atoms with van der Waals surface area (Å²) in [5.74, 6) is -0.182. The van der Waals surface area contributed by atoms with Crippen molar-refractivity contribution in [1.82, 2.24) is 0 Å². The lowest BCUT2D eigenvalue weighted by molar-refractivity contribution is -0.113. The molecule has 5 heteroatoms. The van der Waals surface area contributed by atoms with Gasteiger partial charge < -0.3 is 11.1 Å². The second-order valence-corrected chi connectivity index (χ2v) is 4.45. The molecule has 16 heavy (non-hydrogen) atoms. The first-order chi connectivity index (χ1) is 7.49. The maximum Gasteiger partial charge on any atom is 0.276 e. The molecule has 1 aromatic rings. The minimum atomic E-state index is -0.546. The lowest BCUT2D eigenvalue weighted by atomic mass is 10.1. The molecule has 0 atom stereocenters. The Balaban J connectivity index is 2.59. The summed E-state index contributed by atoms with van der Waals surface area (Å²) in [4.78, 5) is 21.9. The zero-order valence-corrected chi connectivity index (χ0v) is 10.1. The lowest BCUT2D eigenvalue weighted by Gasteiger charge is -2.08. The molecule has 0 aliphatic carbocycles. The standard InChI is InChI=1S/C11H14N2O2S/c1-7-3-4-9(8(2)5-7)13-10(14)6-16-11(12)15/h3-5H,6H2,1-2H3,(H2,12,15)(H,13,14). The van der Waals surface area contributed by atoms with E-state index in [1.165, 1.54) is 0 Å². The minimum absolute atomic E-state index is 0.0443. The third-order valence-electron chi connectivity index (χ3n) is 2.00. The van der Waals surface area contributed by atoms with Crippen molar-refractivity contribution in [2.24, 2.45) is 5.73 Å². The molecule has 0 aromatic heterocycles. The Morgan fingerprint density at radius 3 is 2.62 bits per heavy atom. The van der Waals surface area contributed by atoms with Gasteiger partial charge in [0.25, 0.3) is 5.24 Å². The number of rotatable bonds is 3. The Kier molecular flexibility index (Phi) is 4.37. The molecule has 0 radical (unpaired) electrons. The number of aryl methyl sites for hydroxylation is 2. The number of nitrogens with two attached hydrogens (primary N) is 1. The van der Waals surface area contributed by atoms with Crippen molar-refractivity contribution in [3.8, 4) is 0 Å². The molecule has 0 spiro atoms. The van der Waals surface area contributed by atoms with Crippen LogP contribution in [-0.2, 0) is 4.79 Å². The monoisotopic (exact) mass is 238 g/mol. The zero-order chi connectivity index (χ0) is 12.1. The summed E-state index contributed by atoms with van der Waals surface area (Å²) >= 11 is 0.794. The Morgan fingerprint density at radius 2 is 2.06 bits per heavy atom. The number of amides is 2. The lowest BCUT2D eigenvalue weighted by Crippen LogP contribution is -2.17. The Hall–Kier alpha value is -1.49. The molecule has 0 saturated carbocycles. The molecular formula is C11H14N2O2S. The SMILES string of the molecule is Cc1ccc(NC(=O)CSC(N)=O)c(C)c1. The Bertz CT molecular complexity index is 418.